The van der Waals surface area contributed by atoms with Crippen LogP contribution in [0.1, 0.15) is 16.1 Å². The third-order valence-electron chi connectivity index (χ3n) is 2.32. The average molecular weight is 267 g/mol. The number of pyridine rings is 1. The molecule has 0 N–H and O–H groups in total. The number of carbonyl (C=O) groups is 1. The van der Waals surface area contributed by atoms with E-state index in [1.165, 1.54) is 24.4 Å². The van der Waals surface area contributed by atoms with Crippen LogP contribution in [0.4, 0.5) is 13.2 Å². The maximum absolute atomic E-state index is 13.7. The minimum atomic E-state index is -3.14. The van der Waals surface area contributed by atoms with E-state index in [2.05, 4.69) is 9.72 Å². The van der Waals surface area contributed by atoms with Crippen molar-refractivity contribution < 1.29 is 22.7 Å². The van der Waals surface area contributed by atoms with Gasteiger partial charge in [0.25, 0.3) is 0 Å². The fraction of sp³-hybridized carbons (Fsp3) is 0.0769. The largest absolute Gasteiger partial charge is 0.434 e. The molecule has 0 aliphatic carbocycles. The van der Waals surface area contributed by atoms with Gasteiger partial charge in [0, 0.05) is 6.20 Å². The van der Waals surface area contributed by atoms with Crippen LogP contribution in [-0.4, -0.2) is 17.4 Å². The van der Waals surface area contributed by atoms with E-state index in [4.69, 9.17) is 0 Å². The molecule has 2 aromatic rings. The molecular weight excluding hydrogens is 259 g/mol. The highest BCUT2D eigenvalue weighted by atomic mass is 19.3. The van der Waals surface area contributed by atoms with Crippen LogP contribution in [0.3, 0.4) is 0 Å². The second kappa shape index (κ2) is 5.51. The Balaban J connectivity index is 2.46. The van der Waals surface area contributed by atoms with Crippen LogP contribution in [0.5, 0.6) is 5.75 Å². The number of hydrogen-bond donors (Lipinski definition) is 0. The molecule has 0 atom stereocenters. The molecule has 1 heterocycles. The molecule has 0 amide bonds. The van der Waals surface area contributed by atoms with Crippen molar-refractivity contribution in [3.05, 3.63) is 59.7 Å². The Labute approximate surface area is 106 Å². The third kappa shape index (κ3) is 2.90. The topological polar surface area (TPSA) is 39.2 Å². The summed E-state index contributed by atoms with van der Waals surface area (Å²) in [6.07, 6.45) is 1.35. The highest BCUT2D eigenvalue weighted by molar-refractivity contribution is 6.09. The Morgan fingerprint density at radius 1 is 1.16 bits per heavy atom. The molecule has 0 bridgehead atoms. The SMILES string of the molecule is O=C(c1ccccn1)c1c(F)cccc1OC(F)F. The summed E-state index contributed by atoms with van der Waals surface area (Å²) in [5.41, 5.74) is -0.604. The van der Waals surface area contributed by atoms with Crippen molar-refractivity contribution in [2.75, 3.05) is 0 Å². The van der Waals surface area contributed by atoms with Crippen molar-refractivity contribution in [1.82, 2.24) is 4.98 Å². The molecule has 2 rings (SSSR count). The number of carbonyl (C=O) groups excluding carboxylic acids is 1. The fourth-order valence-electron chi connectivity index (χ4n) is 1.54. The van der Waals surface area contributed by atoms with Crippen LogP contribution in [0.2, 0.25) is 0 Å². The van der Waals surface area contributed by atoms with Gasteiger partial charge in [-0.25, -0.2) is 4.39 Å². The highest BCUT2D eigenvalue weighted by Crippen LogP contribution is 2.25. The lowest BCUT2D eigenvalue weighted by atomic mass is 10.1. The monoisotopic (exact) mass is 267 g/mol. The molecule has 1 aromatic heterocycles. The summed E-state index contributed by atoms with van der Waals surface area (Å²) in [5, 5.41) is 0. The normalized spacial score (nSPS) is 10.5. The van der Waals surface area contributed by atoms with Crippen LogP contribution >= 0.6 is 0 Å². The summed E-state index contributed by atoms with van der Waals surface area (Å²) in [6, 6.07) is 7.76. The van der Waals surface area contributed by atoms with Crippen LogP contribution < -0.4 is 4.74 Å². The first-order valence-electron chi connectivity index (χ1n) is 5.28. The molecule has 3 nitrogen and oxygen atoms in total. The molecule has 0 radical (unpaired) electrons. The number of hydrogen-bond acceptors (Lipinski definition) is 3. The lowest BCUT2D eigenvalue weighted by Gasteiger charge is -2.10. The van der Waals surface area contributed by atoms with E-state index >= 15 is 0 Å². The minimum absolute atomic E-state index is 0.0493. The summed E-state index contributed by atoms with van der Waals surface area (Å²) in [4.78, 5) is 15.8. The lowest BCUT2D eigenvalue weighted by Crippen LogP contribution is -2.11. The first-order chi connectivity index (χ1) is 9.09. The van der Waals surface area contributed by atoms with Gasteiger partial charge in [-0.05, 0) is 24.3 Å². The van der Waals surface area contributed by atoms with Crippen molar-refractivity contribution in [1.29, 1.82) is 0 Å². The van der Waals surface area contributed by atoms with Gasteiger partial charge in [0.05, 0.1) is 0 Å². The van der Waals surface area contributed by atoms with E-state index in [0.717, 1.165) is 12.1 Å². The number of nitrogens with zero attached hydrogens (tertiary/aromatic N) is 1. The molecule has 0 unspecified atom stereocenters. The molecule has 0 saturated carbocycles. The zero-order valence-corrected chi connectivity index (χ0v) is 9.52. The first-order valence-corrected chi connectivity index (χ1v) is 5.28. The number of ether oxygens (including phenoxy) is 1. The predicted octanol–water partition coefficient (Wildman–Crippen LogP) is 3.05. The maximum Gasteiger partial charge on any atom is 0.387 e. The predicted molar refractivity (Wildman–Crippen MR) is 60.7 cm³/mol. The minimum Gasteiger partial charge on any atom is -0.434 e. The standard InChI is InChI=1S/C13H8F3NO2/c14-8-4-3-6-10(19-13(15)16)11(8)12(18)9-5-1-2-7-17-9/h1-7,13H. The Bertz CT molecular complexity index is 588. The van der Waals surface area contributed by atoms with Crippen molar-refractivity contribution in [3.63, 3.8) is 0 Å². The van der Waals surface area contributed by atoms with Crippen LogP contribution in [0.15, 0.2) is 42.6 Å². The average Bonchev–Trinajstić information content (AvgIpc) is 2.38. The number of aromatic nitrogens is 1. The number of halogens is 3. The van der Waals surface area contributed by atoms with Gasteiger partial charge in [0.2, 0.25) is 5.78 Å². The molecule has 0 fully saturated rings. The summed E-state index contributed by atoms with van der Waals surface area (Å²) in [6.45, 7) is -3.14. The Hall–Kier alpha value is -2.37. The highest BCUT2D eigenvalue weighted by Gasteiger charge is 2.22. The zero-order chi connectivity index (χ0) is 13.8. The van der Waals surface area contributed by atoms with E-state index < -0.39 is 29.5 Å². The van der Waals surface area contributed by atoms with Gasteiger partial charge in [-0.3, -0.25) is 9.78 Å². The van der Waals surface area contributed by atoms with Gasteiger partial charge in [0.1, 0.15) is 22.8 Å². The van der Waals surface area contributed by atoms with Gasteiger partial charge in [-0.15, -0.1) is 0 Å². The number of ketones is 1. The molecule has 98 valence electrons. The number of rotatable bonds is 4. The molecule has 6 heteroatoms. The molecular formula is C13H8F3NO2. The summed E-state index contributed by atoms with van der Waals surface area (Å²) in [5.74, 6) is -2.26. The van der Waals surface area contributed by atoms with Crippen LogP contribution in [0.25, 0.3) is 0 Å². The molecule has 0 aliphatic heterocycles. The molecule has 0 saturated heterocycles. The van der Waals surface area contributed by atoms with Crippen molar-refractivity contribution in [3.8, 4) is 5.75 Å². The van der Waals surface area contributed by atoms with E-state index in [0.29, 0.717) is 0 Å². The van der Waals surface area contributed by atoms with Crippen LogP contribution in [0, 0.1) is 5.82 Å². The van der Waals surface area contributed by atoms with E-state index in [1.54, 1.807) is 6.07 Å². The molecule has 1 aromatic carbocycles. The molecule has 19 heavy (non-hydrogen) atoms. The second-order valence-corrected chi connectivity index (χ2v) is 3.54. The maximum atomic E-state index is 13.7. The van der Waals surface area contributed by atoms with Gasteiger partial charge < -0.3 is 4.74 Å². The Morgan fingerprint density at radius 2 is 1.95 bits per heavy atom. The van der Waals surface area contributed by atoms with Crippen molar-refractivity contribution in [2.24, 2.45) is 0 Å². The first kappa shape index (κ1) is 13.1. The number of alkyl halides is 2. The van der Waals surface area contributed by atoms with E-state index in [1.807, 2.05) is 0 Å². The zero-order valence-electron chi connectivity index (χ0n) is 9.52. The van der Waals surface area contributed by atoms with Crippen molar-refractivity contribution in [2.45, 2.75) is 6.61 Å². The summed E-state index contributed by atoms with van der Waals surface area (Å²) in [7, 11) is 0. The van der Waals surface area contributed by atoms with Gasteiger partial charge in [-0.2, -0.15) is 8.78 Å². The molecule has 0 spiro atoms. The fourth-order valence-corrected chi connectivity index (χ4v) is 1.54. The Kier molecular flexibility index (Phi) is 3.79. The Morgan fingerprint density at radius 3 is 2.58 bits per heavy atom. The number of benzene rings is 1. The van der Waals surface area contributed by atoms with Crippen molar-refractivity contribution >= 4 is 5.78 Å². The van der Waals surface area contributed by atoms with E-state index in [9.17, 15) is 18.0 Å². The van der Waals surface area contributed by atoms with E-state index in [-0.39, 0.29) is 5.69 Å². The third-order valence-corrected chi connectivity index (χ3v) is 2.32. The second-order valence-electron chi connectivity index (χ2n) is 3.54. The van der Waals surface area contributed by atoms with Gasteiger partial charge >= 0.3 is 6.61 Å². The quantitative estimate of drug-likeness (QED) is 0.799. The van der Waals surface area contributed by atoms with Gasteiger partial charge in [-0.1, -0.05) is 12.1 Å². The molecule has 0 aliphatic rings. The van der Waals surface area contributed by atoms with Gasteiger partial charge in [0.15, 0.2) is 0 Å². The summed E-state index contributed by atoms with van der Waals surface area (Å²) >= 11 is 0. The lowest BCUT2D eigenvalue weighted by molar-refractivity contribution is -0.0502. The smallest absolute Gasteiger partial charge is 0.387 e. The summed E-state index contributed by atoms with van der Waals surface area (Å²) < 4.78 is 42.3. The van der Waals surface area contributed by atoms with Crippen LogP contribution in [-0.2, 0) is 0 Å².